The lowest BCUT2D eigenvalue weighted by Crippen LogP contribution is -2.27. The first-order valence-electron chi connectivity index (χ1n) is 10.1. The molecule has 3 heterocycles. The monoisotopic (exact) mass is 478 g/mol. The molecular weight excluding hydrogens is 460 g/mol. The van der Waals surface area contributed by atoms with Gasteiger partial charge in [0, 0.05) is 51.8 Å². The summed E-state index contributed by atoms with van der Waals surface area (Å²) in [5.74, 6) is -0.00930. The van der Waals surface area contributed by atoms with E-state index in [1.807, 2.05) is 58.4 Å². The fourth-order valence-electron chi connectivity index (χ4n) is 3.41. The summed E-state index contributed by atoms with van der Waals surface area (Å²) in [6.45, 7) is 0.560. The number of rotatable bonds is 7. The highest BCUT2D eigenvalue weighted by Gasteiger charge is 2.13. The second kappa shape index (κ2) is 9.24. The third kappa shape index (κ3) is 4.60. The molecule has 0 unspecified atom stereocenters. The predicted octanol–water partition coefficient (Wildman–Crippen LogP) is 5.74. The van der Waals surface area contributed by atoms with Gasteiger partial charge in [-0.25, -0.2) is 9.97 Å². The topological polar surface area (TPSA) is 59.3 Å². The number of nitrogens with zero attached hydrogens (tertiary/aromatic N) is 3. The highest BCUT2D eigenvalue weighted by molar-refractivity contribution is 7.15. The molecule has 1 N–H and O–H groups in total. The molecule has 0 saturated heterocycles. The molecule has 0 aliphatic rings. The van der Waals surface area contributed by atoms with E-state index < -0.39 is 0 Å². The summed E-state index contributed by atoms with van der Waals surface area (Å²) in [6, 6.07) is 17.7. The Hall–Kier alpha value is -3.00. The van der Waals surface area contributed by atoms with Crippen molar-refractivity contribution in [2.24, 2.45) is 0 Å². The molecule has 0 spiro atoms. The Morgan fingerprint density at radius 3 is 2.59 bits per heavy atom. The first-order chi connectivity index (χ1) is 15.7. The standard InChI is InChI=1S/C24H19ClN4OS2/c25-18-8-6-16(7-9-18)21-13-29-20(15-32-24(29)28-21)12-22(30)26-11-10-19-14-31-23(27-19)17-4-2-1-3-5-17/h1-9,13-15H,10-12H2,(H,26,30). The molecule has 0 atom stereocenters. The van der Waals surface area contributed by atoms with Crippen molar-refractivity contribution in [2.45, 2.75) is 12.8 Å². The van der Waals surface area contributed by atoms with Crippen LogP contribution in [0, 0.1) is 0 Å². The smallest absolute Gasteiger partial charge is 0.225 e. The first kappa shape index (κ1) is 20.9. The Balaban J connectivity index is 1.18. The van der Waals surface area contributed by atoms with Gasteiger partial charge in [-0.2, -0.15) is 0 Å². The van der Waals surface area contributed by atoms with Crippen molar-refractivity contribution in [2.75, 3.05) is 6.54 Å². The summed E-state index contributed by atoms with van der Waals surface area (Å²) >= 11 is 9.14. The van der Waals surface area contributed by atoms with Crippen LogP contribution in [-0.4, -0.2) is 26.8 Å². The molecule has 0 saturated carbocycles. The molecule has 1 amide bonds. The highest BCUT2D eigenvalue weighted by Crippen LogP contribution is 2.25. The van der Waals surface area contributed by atoms with Gasteiger partial charge in [0.05, 0.1) is 17.8 Å². The largest absolute Gasteiger partial charge is 0.355 e. The Kier molecular flexibility index (Phi) is 6.03. The van der Waals surface area contributed by atoms with Crippen LogP contribution in [0.5, 0.6) is 0 Å². The lowest BCUT2D eigenvalue weighted by molar-refractivity contribution is -0.120. The maximum absolute atomic E-state index is 12.5. The summed E-state index contributed by atoms with van der Waals surface area (Å²) in [6.07, 6.45) is 2.99. The highest BCUT2D eigenvalue weighted by atomic mass is 35.5. The number of carbonyl (C=O) groups is 1. The van der Waals surface area contributed by atoms with E-state index in [1.54, 1.807) is 11.3 Å². The molecule has 0 bridgehead atoms. The summed E-state index contributed by atoms with van der Waals surface area (Å²) in [7, 11) is 0. The zero-order valence-electron chi connectivity index (χ0n) is 17.0. The number of benzene rings is 2. The van der Waals surface area contributed by atoms with Gasteiger partial charge in [-0.15, -0.1) is 22.7 Å². The van der Waals surface area contributed by atoms with Crippen LogP contribution >= 0.6 is 34.3 Å². The van der Waals surface area contributed by atoms with E-state index in [0.29, 0.717) is 24.4 Å². The molecule has 5 rings (SSSR count). The van der Waals surface area contributed by atoms with Crippen LogP contribution in [0.3, 0.4) is 0 Å². The SMILES string of the molecule is O=C(Cc1csc2nc(-c3ccc(Cl)cc3)cn12)NCCc1csc(-c2ccccc2)n1. The normalized spacial score (nSPS) is 11.2. The summed E-state index contributed by atoms with van der Waals surface area (Å²) < 4.78 is 1.99. The number of hydrogen-bond donors (Lipinski definition) is 1. The quantitative estimate of drug-likeness (QED) is 0.324. The molecule has 3 aromatic heterocycles. The van der Waals surface area contributed by atoms with E-state index >= 15 is 0 Å². The molecule has 0 aliphatic carbocycles. The molecule has 5 nitrogen and oxygen atoms in total. The van der Waals surface area contributed by atoms with E-state index in [9.17, 15) is 4.79 Å². The fourth-order valence-corrected chi connectivity index (χ4v) is 5.27. The maximum Gasteiger partial charge on any atom is 0.225 e. The minimum absolute atomic E-state index is 0.00930. The van der Waals surface area contributed by atoms with Gasteiger partial charge in [-0.05, 0) is 12.1 Å². The van der Waals surface area contributed by atoms with Crippen molar-refractivity contribution in [1.82, 2.24) is 19.7 Å². The molecule has 0 aliphatic heterocycles. The number of halogens is 1. The van der Waals surface area contributed by atoms with Crippen LogP contribution in [0.4, 0.5) is 0 Å². The van der Waals surface area contributed by atoms with Gasteiger partial charge in [0.1, 0.15) is 5.01 Å². The second-order valence-electron chi connectivity index (χ2n) is 7.30. The van der Waals surface area contributed by atoms with Crippen molar-refractivity contribution in [3.05, 3.63) is 88.0 Å². The number of carbonyl (C=O) groups excluding carboxylic acids is 1. The molecule has 0 radical (unpaired) electrons. The third-order valence-corrected chi connectivity index (χ3v) is 7.12. The van der Waals surface area contributed by atoms with Crippen LogP contribution in [0.2, 0.25) is 5.02 Å². The van der Waals surface area contributed by atoms with Gasteiger partial charge in [-0.1, -0.05) is 54.1 Å². The van der Waals surface area contributed by atoms with Crippen LogP contribution in [0.15, 0.2) is 71.6 Å². The molecule has 0 fully saturated rings. The number of amides is 1. The summed E-state index contributed by atoms with van der Waals surface area (Å²) in [4.78, 5) is 22.7. The van der Waals surface area contributed by atoms with Gasteiger partial charge in [0.25, 0.3) is 0 Å². The van der Waals surface area contributed by atoms with E-state index in [0.717, 1.165) is 38.2 Å². The van der Waals surface area contributed by atoms with E-state index in [1.165, 1.54) is 11.3 Å². The zero-order chi connectivity index (χ0) is 21.9. The minimum Gasteiger partial charge on any atom is -0.355 e. The number of fused-ring (bicyclic) bond motifs is 1. The Morgan fingerprint density at radius 1 is 0.969 bits per heavy atom. The van der Waals surface area contributed by atoms with Crippen molar-refractivity contribution in [3.8, 4) is 21.8 Å². The molecule has 2 aromatic carbocycles. The van der Waals surface area contributed by atoms with Crippen molar-refractivity contribution >= 4 is 45.1 Å². The lowest BCUT2D eigenvalue weighted by atomic mass is 10.2. The number of aromatic nitrogens is 3. The summed E-state index contributed by atoms with van der Waals surface area (Å²) in [5, 5.41) is 8.75. The van der Waals surface area contributed by atoms with E-state index in [-0.39, 0.29) is 5.91 Å². The number of hydrogen-bond acceptors (Lipinski definition) is 5. The average molecular weight is 479 g/mol. The van der Waals surface area contributed by atoms with Gasteiger partial charge in [-0.3, -0.25) is 9.20 Å². The molecule has 160 valence electrons. The fraction of sp³-hybridized carbons (Fsp3) is 0.125. The number of thiazole rings is 2. The Morgan fingerprint density at radius 2 is 1.78 bits per heavy atom. The van der Waals surface area contributed by atoms with Crippen LogP contribution in [0.1, 0.15) is 11.4 Å². The van der Waals surface area contributed by atoms with Crippen LogP contribution < -0.4 is 5.32 Å². The Bertz CT molecular complexity index is 1360. The molecule has 5 aromatic rings. The zero-order valence-corrected chi connectivity index (χ0v) is 19.4. The predicted molar refractivity (Wildman–Crippen MR) is 131 cm³/mol. The van der Waals surface area contributed by atoms with Crippen molar-refractivity contribution in [1.29, 1.82) is 0 Å². The maximum atomic E-state index is 12.5. The van der Waals surface area contributed by atoms with Gasteiger partial charge < -0.3 is 5.32 Å². The minimum atomic E-state index is -0.00930. The van der Waals surface area contributed by atoms with Crippen molar-refractivity contribution in [3.63, 3.8) is 0 Å². The summed E-state index contributed by atoms with van der Waals surface area (Å²) in [5.41, 5.74) is 4.91. The second-order valence-corrected chi connectivity index (χ2v) is 9.43. The first-order valence-corrected chi connectivity index (χ1v) is 12.3. The van der Waals surface area contributed by atoms with Gasteiger partial charge >= 0.3 is 0 Å². The van der Waals surface area contributed by atoms with E-state index in [2.05, 4.69) is 32.8 Å². The van der Waals surface area contributed by atoms with Gasteiger partial charge in [0.15, 0.2) is 4.96 Å². The van der Waals surface area contributed by atoms with Crippen LogP contribution in [-0.2, 0) is 17.6 Å². The number of imidazole rings is 1. The third-order valence-electron chi connectivity index (χ3n) is 5.04. The number of nitrogens with one attached hydrogen (secondary N) is 1. The Labute approximate surface area is 198 Å². The van der Waals surface area contributed by atoms with Gasteiger partial charge in [0.2, 0.25) is 5.91 Å². The molecule has 8 heteroatoms. The van der Waals surface area contributed by atoms with Crippen molar-refractivity contribution < 1.29 is 4.79 Å². The lowest BCUT2D eigenvalue weighted by Gasteiger charge is -2.04. The molecule has 32 heavy (non-hydrogen) atoms. The molecular formula is C24H19ClN4OS2. The van der Waals surface area contributed by atoms with E-state index in [4.69, 9.17) is 11.6 Å². The average Bonchev–Trinajstić information content (AvgIpc) is 3.53. The van der Waals surface area contributed by atoms with Crippen LogP contribution in [0.25, 0.3) is 26.8 Å².